The fourth-order valence-electron chi connectivity index (χ4n) is 3.16. The molecule has 0 atom stereocenters. The Labute approximate surface area is 197 Å². The quantitative estimate of drug-likeness (QED) is 0.128. The van der Waals surface area contributed by atoms with Crippen LogP contribution >= 0.6 is 0 Å². The Kier molecular flexibility index (Phi) is 6.35. The molecular weight excluding hydrogens is 500 g/mol. The van der Waals surface area contributed by atoms with Crippen LogP contribution in [0.25, 0.3) is 11.1 Å². The molecule has 0 saturated carbocycles. The van der Waals surface area contributed by atoms with Crippen molar-refractivity contribution < 1.29 is 44.6 Å². The minimum Gasteiger partial charge on any atom is -0.453 e. The molecule has 0 heterocycles. The standard InChI is InChI=1S/C24H12F8N2O2/c25-15-13(16(26)19(29)21(31)18(15)28)14-17(27)20(30)22(32)24(36-12-7-3-10(34)4-8-12)23(14)35-11-5-1-9(33)2-6-11/h1-8H,33-34H2. The molecular formula is C24H12F8N2O2. The van der Waals surface area contributed by atoms with Crippen LogP contribution in [0, 0.1) is 46.5 Å². The maximum atomic E-state index is 15.0. The summed E-state index contributed by atoms with van der Waals surface area (Å²) in [6.07, 6.45) is 0. The molecule has 0 fully saturated rings. The summed E-state index contributed by atoms with van der Waals surface area (Å²) in [7, 11) is 0. The third-order valence-electron chi connectivity index (χ3n) is 4.90. The van der Waals surface area contributed by atoms with Gasteiger partial charge in [0.25, 0.3) is 0 Å². The molecule has 0 aliphatic heterocycles. The lowest BCUT2D eigenvalue weighted by atomic mass is 10.00. The Morgan fingerprint density at radius 1 is 0.389 bits per heavy atom. The van der Waals surface area contributed by atoms with Gasteiger partial charge in [-0.1, -0.05) is 0 Å². The molecule has 0 aromatic heterocycles. The smallest absolute Gasteiger partial charge is 0.209 e. The van der Waals surface area contributed by atoms with Crippen molar-refractivity contribution in [3.8, 4) is 34.1 Å². The van der Waals surface area contributed by atoms with E-state index in [4.69, 9.17) is 20.9 Å². The van der Waals surface area contributed by atoms with Crippen molar-refractivity contribution in [3.05, 3.63) is 95.1 Å². The zero-order chi connectivity index (χ0) is 26.3. The highest BCUT2D eigenvalue weighted by Gasteiger charge is 2.36. The fraction of sp³-hybridized carbons (Fsp3) is 0. The van der Waals surface area contributed by atoms with E-state index in [0.29, 0.717) is 0 Å². The second-order valence-electron chi connectivity index (χ2n) is 7.26. The van der Waals surface area contributed by atoms with Gasteiger partial charge in [0.2, 0.25) is 17.4 Å². The van der Waals surface area contributed by atoms with Crippen LogP contribution in [-0.4, -0.2) is 0 Å². The first-order chi connectivity index (χ1) is 17.0. The lowest BCUT2D eigenvalue weighted by Gasteiger charge is -2.19. The minimum atomic E-state index is -2.55. The predicted molar refractivity (Wildman–Crippen MR) is 113 cm³/mol. The van der Waals surface area contributed by atoms with E-state index in [9.17, 15) is 30.7 Å². The first kappa shape index (κ1) is 24.6. The zero-order valence-electron chi connectivity index (χ0n) is 17.6. The molecule has 12 heteroatoms. The minimum absolute atomic E-state index is 0.220. The Hall–Kier alpha value is -4.48. The number of ether oxygens (including phenoxy) is 2. The second kappa shape index (κ2) is 9.29. The maximum Gasteiger partial charge on any atom is 0.209 e. The molecule has 0 aliphatic carbocycles. The van der Waals surface area contributed by atoms with Crippen molar-refractivity contribution in [1.82, 2.24) is 0 Å². The average Bonchev–Trinajstić information content (AvgIpc) is 2.87. The first-order valence-corrected chi connectivity index (χ1v) is 9.80. The number of halogens is 8. The number of hydrogen-bond donors (Lipinski definition) is 2. The van der Waals surface area contributed by atoms with Gasteiger partial charge in [-0.15, -0.1) is 0 Å². The van der Waals surface area contributed by atoms with Crippen LogP contribution in [0.2, 0.25) is 0 Å². The number of rotatable bonds is 5. The summed E-state index contributed by atoms with van der Waals surface area (Å²) < 4.78 is 126. The second-order valence-corrected chi connectivity index (χ2v) is 7.26. The number of nitrogens with two attached hydrogens (primary N) is 2. The molecule has 0 amide bonds. The van der Waals surface area contributed by atoms with Crippen LogP contribution in [0.15, 0.2) is 48.5 Å². The van der Waals surface area contributed by atoms with Gasteiger partial charge in [-0.05, 0) is 48.5 Å². The van der Waals surface area contributed by atoms with Crippen molar-refractivity contribution in [1.29, 1.82) is 0 Å². The molecule has 0 radical (unpaired) electrons. The summed E-state index contributed by atoms with van der Waals surface area (Å²) in [6.45, 7) is 0. The van der Waals surface area contributed by atoms with Gasteiger partial charge in [-0.2, -0.15) is 4.39 Å². The van der Waals surface area contributed by atoms with Crippen LogP contribution in [0.4, 0.5) is 46.5 Å². The van der Waals surface area contributed by atoms with E-state index in [0.717, 1.165) is 12.1 Å². The lowest BCUT2D eigenvalue weighted by molar-refractivity contribution is 0.360. The molecule has 0 bridgehead atoms. The summed E-state index contributed by atoms with van der Waals surface area (Å²) in [6, 6.07) is 9.79. The van der Waals surface area contributed by atoms with Gasteiger partial charge in [0, 0.05) is 11.4 Å². The Bertz CT molecular complexity index is 1450. The van der Waals surface area contributed by atoms with E-state index in [-0.39, 0.29) is 22.9 Å². The van der Waals surface area contributed by atoms with E-state index in [2.05, 4.69) is 0 Å². The third-order valence-corrected chi connectivity index (χ3v) is 4.90. The topological polar surface area (TPSA) is 70.5 Å². The van der Waals surface area contributed by atoms with Crippen LogP contribution in [0.1, 0.15) is 0 Å². The van der Waals surface area contributed by atoms with Crippen LogP contribution in [0.5, 0.6) is 23.0 Å². The molecule has 0 aliphatic rings. The fourth-order valence-corrected chi connectivity index (χ4v) is 3.16. The number of hydrogen-bond acceptors (Lipinski definition) is 4. The lowest BCUT2D eigenvalue weighted by Crippen LogP contribution is -2.09. The Balaban J connectivity index is 2.07. The molecule has 4 aromatic carbocycles. The van der Waals surface area contributed by atoms with Crippen molar-refractivity contribution in [3.63, 3.8) is 0 Å². The van der Waals surface area contributed by atoms with E-state index in [1.54, 1.807) is 0 Å². The highest BCUT2D eigenvalue weighted by Crippen LogP contribution is 2.49. The molecule has 0 spiro atoms. The van der Waals surface area contributed by atoms with Gasteiger partial charge in [0.05, 0.1) is 11.1 Å². The normalized spacial score (nSPS) is 11.0. The van der Waals surface area contributed by atoms with Gasteiger partial charge in [0.15, 0.2) is 40.7 Å². The zero-order valence-corrected chi connectivity index (χ0v) is 17.6. The van der Waals surface area contributed by atoms with Crippen LogP contribution in [-0.2, 0) is 0 Å². The van der Waals surface area contributed by atoms with Crippen molar-refractivity contribution in [2.75, 3.05) is 11.5 Å². The molecule has 36 heavy (non-hydrogen) atoms. The van der Waals surface area contributed by atoms with Crippen LogP contribution < -0.4 is 20.9 Å². The van der Waals surface area contributed by atoms with Gasteiger partial charge in [0.1, 0.15) is 11.5 Å². The molecule has 4 nitrogen and oxygen atoms in total. The van der Waals surface area contributed by atoms with Gasteiger partial charge in [-0.25, -0.2) is 30.7 Å². The molecule has 4 aromatic rings. The summed E-state index contributed by atoms with van der Waals surface area (Å²) in [5.74, 6) is -22.1. The SMILES string of the molecule is Nc1ccc(Oc2c(F)c(F)c(F)c(-c3c(F)c(F)c(F)c(F)c3F)c2Oc2ccc(N)cc2)cc1. The van der Waals surface area contributed by atoms with E-state index in [1.807, 2.05) is 0 Å². The average molecular weight is 512 g/mol. The van der Waals surface area contributed by atoms with Crippen molar-refractivity contribution >= 4 is 11.4 Å². The summed E-state index contributed by atoms with van der Waals surface area (Å²) in [4.78, 5) is 0. The number of anilines is 2. The van der Waals surface area contributed by atoms with E-state index < -0.39 is 69.2 Å². The van der Waals surface area contributed by atoms with Gasteiger partial charge in [-0.3, -0.25) is 0 Å². The summed E-state index contributed by atoms with van der Waals surface area (Å²) in [5, 5.41) is 0. The first-order valence-electron chi connectivity index (χ1n) is 9.80. The largest absolute Gasteiger partial charge is 0.453 e. The number of nitrogen functional groups attached to an aromatic ring is 2. The monoisotopic (exact) mass is 512 g/mol. The van der Waals surface area contributed by atoms with Gasteiger partial charge >= 0.3 is 0 Å². The van der Waals surface area contributed by atoms with E-state index >= 15 is 4.39 Å². The van der Waals surface area contributed by atoms with Crippen molar-refractivity contribution in [2.45, 2.75) is 0 Å². The summed E-state index contributed by atoms with van der Waals surface area (Å²) in [5.41, 5.74) is 8.05. The third kappa shape index (κ3) is 4.21. The predicted octanol–water partition coefficient (Wildman–Crippen LogP) is 7.22. The Morgan fingerprint density at radius 3 is 1.17 bits per heavy atom. The highest BCUT2D eigenvalue weighted by molar-refractivity contribution is 5.77. The Morgan fingerprint density at radius 2 is 0.722 bits per heavy atom. The van der Waals surface area contributed by atoms with Crippen LogP contribution in [0.3, 0.4) is 0 Å². The molecule has 0 saturated heterocycles. The highest BCUT2D eigenvalue weighted by atomic mass is 19.2. The molecule has 186 valence electrons. The molecule has 0 unspecified atom stereocenters. The van der Waals surface area contributed by atoms with Crippen molar-refractivity contribution in [2.24, 2.45) is 0 Å². The molecule has 4 N–H and O–H groups in total. The maximum absolute atomic E-state index is 15.0. The summed E-state index contributed by atoms with van der Waals surface area (Å²) >= 11 is 0. The van der Waals surface area contributed by atoms with Gasteiger partial charge < -0.3 is 20.9 Å². The molecule has 4 rings (SSSR count). The van der Waals surface area contributed by atoms with E-state index in [1.165, 1.54) is 36.4 Å². The number of benzene rings is 4.